The molecule has 0 aliphatic carbocycles. The van der Waals surface area contributed by atoms with Crippen LogP contribution in [0.2, 0.25) is 5.02 Å². The van der Waals surface area contributed by atoms with Crippen molar-refractivity contribution in [1.29, 1.82) is 0 Å². The molecule has 6 nitrogen and oxygen atoms in total. The molecule has 2 N–H and O–H groups in total. The van der Waals surface area contributed by atoms with Crippen molar-refractivity contribution in [2.24, 2.45) is 0 Å². The zero-order valence-electron chi connectivity index (χ0n) is 16.0. The number of halogens is 1. The van der Waals surface area contributed by atoms with Gasteiger partial charge in [-0.25, -0.2) is 9.59 Å². The molecule has 0 spiro atoms. The van der Waals surface area contributed by atoms with Crippen LogP contribution in [-0.2, 0) is 11.3 Å². The van der Waals surface area contributed by atoms with Crippen molar-refractivity contribution in [1.82, 2.24) is 10.6 Å². The third-order valence-corrected chi connectivity index (χ3v) is 4.10. The van der Waals surface area contributed by atoms with Gasteiger partial charge in [0.15, 0.2) is 6.10 Å². The number of ether oxygens (including phenoxy) is 1. The number of esters is 1. The Bertz CT molecular complexity index is 832. The molecule has 0 aromatic heterocycles. The number of hydrogen-bond donors (Lipinski definition) is 2. The molecular weight excluding hydrogens is 380 g/mol. The van der Waals surface area contributed by atoms with Gasteiger partial charge in [0, 0.05) is 23.2 Å². The largest absolute Gasteiger partial charge is 0.451 e. The van der Waals surface area contributed by atoms with Gasteiger partial charge < -0.3 is 15.4 Å². The number of carbonyl (C=O) groups is 3. The molecule has 148 valence electrons. The second kappa shape index (κ2) is 9.90. The fraction of sp³-hybridized carbons (Fsp3) is 0.286. The van der Waals surface area contributed by atoms with E-state index in [1.54, 1.807) is 48.5 Å². The first-order valence-corrected chi connectivity index (χ1v) is 9.28. The van der Waals surface area contributed by atoms with Gasteiger partial charge in [0.1, 0.15) is 0 Å². The minimum absolute atomic E-state index is 0.0507. The SMILES string of the molecule is CC(C)NC(=O)NCc1ccc(C(=O)OC(C)C(=O)c2ccc(Cl)cc2)cc1. The Kier molecular flexibility index (Phi) is 7.58. The van der Waals surface area contributed by atoms with E-state index < -0.39 is 12.1 Å². The van der Waals surface area contributed by atoms with E-state index in [1.165, 1.54) is 6.92 Å². The molecule has 2 aromatic carbocycles. The average Bonchev–Trinajstić information content (AvgIpc) is 2.66. The Balaban J connectivity index is 1.90. The fourth-order valence-electron chi connectivity index (χ4n) is 2.39. The van der Waals surface area contributed by atoms with Gasteiger partial charge in [0.2, 0.25) is 5.78 Å². The van der Waals surface area contributed by atoms with Crippen LogP contribution >= 0.6 is 11.6 Å². The average molecular weight is 403 g/mol. The molecule has 0 radical (unpaired) electrons. The second-order valence-electron chi connectivity index (χ2n) is 6.60. The van der Waals surface area contributed by atoms with Gasteiger partial charge in [-0.1, -0.05) is 23.7 Å². The summed E-state index contributed by atoms with van der Waals surface area (Å²) in [5.74, 6) is -0.895. The van der Waals surface area contributed by atoms with E-state index in [0.29, 0.717) is 22.7 Å². The first kappa shape index (κ1) is 21.4. The lowest BCUT2D eigenvalue weighted by atomic mass is 10.1. The van der Waals surface area contributed by atoms with Crippen molar-refractivity contribution in [2.75, 3.05) is 0 Å². The molecule has 28 heavy (non-hydrogen) atoms. The monoisotopic (exact) mass is 402 g/mol. The molecule has 0 saturated heterocycles. The molecule has 0 saturated carbocycles. The Morgan fingerprint density at radius 3 is 2.07 bits per heavy atom. The zero-order valence-corrected chi connectivity index (χ0v) is 16.7. The number of ketones is 1. The van der Waals surface area contributed by atoms with Gasteiger partial charge in [-0.2, -0.15) is 0 Å². The van der Waals surface area contributed by atoms with Gasteiger partial charge >= 0.3 is 12.0 Å². The van der Waals surface area contributed by atoms with Crippen LogP contribution in [0.5, 0.6) is 0 Å². The van der Waals surface area contributed by atoms with Crippen LogP contribution < -0.4 is 10.6 Å². The molecule has 7 heteroatoms. The van der Waals surface area contributed by atoms with Crippen LogP contribution in [0.15, 0.2) is 48.5 Å². The summed E-state index contributed by atoms with van der Waals surface area (Å²) in [6, 6.07) is 12.8. The highest BCUT2D eigenvalue weighted by Gasteiger charge is 2.20. The van der Waals surface area contributed by atoms with Gasteiger partial charge in [-0.05, 0) is 62.7 Å². The number of benzene rings is 2. The molecule has 2 aromatic rings. The lowest BCUT2D eigenvalue weighted by Gasteiger charge is -2.13. The molecule has 2 rings (SSSR count). The maximum absolute atomic E-state index is 12.3. The van der Waals surface area contributed by atoms with Crippen molar-refractivity contribution >= 4 is 29.4 Å². The van der Waals surface area contributed by atoms with E-state index in [4.69, 9.17) is 16.3 Å². The molecule has 0 aliphatic rings. The Morgan fingerprint density at radius 1 is 0.929 bits per heavy atom. The van der Waals surface area contributed by atoms with Gasteiger partial charge in [0.25, 0.3) is 0 Å². The fourth-order valence-corrected chi connectivity index (χ4v) is 2.51. The number of urea groups is 1. The predicted molar refractivity (Wildman–Crippen MR) is 108 cm³/mol. The van der Waals surface area contributed by atoms with Crippen LogP contribution in [0.4, 0.5) is 4.79 Å². The summed E-state index contributed by atoms with van der Waals surface area (Å²) in [5, 5.41) is 5.98. The normalized spacial score (nSPS) is 11.6. The third kappa shape index (κ3) is 6.39. The summed E-state index contributed by atoms with van der Waals surface area (Å²) in [5.41, 5.74) is 1.58. The lowest BCUT2D eigenvalue weighted by Crippen LogP contribution is -2.39. The summed E-state index contributed by atoms with van der Waals surface area (Å²) in [6.07, 6.45) is -0.922. The van der Waals surface area contributed by atoms with Crippen LogP contribution in [0, 0.1) is 0 Å². The molecule has 1 unspecified atom stereocenters. The molecule has 2 amide bonds. The summed E-state index contributed by atoms with van der Waals surface area (Å²) in [6.45, 7) is 5.61. The Hall–Kier alpha value is -2.86. The minimum Gasteiger partial charge on any atom is -0.451 e. The number of Topliss-reactive ketones (excluding diaryl/α,β-unsaturated/α-hetero) is 1. The third-order valence-electron chi connectivity index (χ3n) is 3.84. The molecule has 0 bridgehead atoms. The number of nitrogens with one attached hydrogen (secondary N) is 2. The van der Waals surface area contributed by atoms with Gasteiger partial charge in [-0.15, -0.1) is 0 Å². The van der Waals surface area contributed by atoms with Crippen molar-refractivity contribution in [3.8, 4) is 0 Å². The van der Waals surface area contributed by atoms with Crippen LogP contribution in [0.1, 0.15) is 47.1 Å². The maximum Gasteiger partial charge on any atom is 0.338 e. The second-order valence-corrected chi connectivity index (χ2v) is 7.03. The Labute approximate surface area is 169 Å². The highest BCUT2D eigenvalue weighted by atomic mass is 35.5. The molecule has 0 aliphatic heterocycles. The summed E-state index contributed by atoms with van der Waals surface area (Å²) < 4.78 is 5.26. The predicted octanol–water partition coefficient (Wildman–Crippen LogP) is 3.98. The maximum atomic E-state index is 12.3. The summed E-state index contributed by atoms with van der Waals surface area (Å²) >= 11 is 5.81. The zero-order chi connectivity index (χ0) is 20.7. The van der Waals surface area contributed by atoms with Crippen LogP contribution in [0.25, 0.3) is 0 Å². The van der Waals surface area contributed by atoms with E-state index in [0.717, 1.165) is 5.56 Å². The number of carbonyl (C=O) groups excluding carboxylic acids is 3. The number of hydrogen-bond acceptors (Lipinski definition) is 4. The number of amides is 2. The molecule has 1 atom stereocenters. The first-order chi connectivity index (χ1) is 13.3. The highest BCUT2D eigenvalue weighted by Crippen LogP contribution is 2.14. The molecular formula is C21H23ClN2O4. The first-order valence-electron chi connectivity index (χ1n) is 8.90. The molecule has 0 heterocycles. The van der Waals surface area contributed by atoms with Crippen molar-refractivity contribution in [2.45, 2.75) is 39.5 Å². The van der Waals surface area contributed by atoms with E-state index in [-0.39, 0.29) is 17.9 Å². The van der Waals surface area contributed by atoms with Crippen molar-refractivity contribution < 1.29 is 19.1 Å². The standard InChI is InChI=1S/C21H23ClN2O4/c1-13(2)24-21(27)23-12-15-4-6-17(7-5-15)20(26)28-14(3)19(25)16-8-10-18(22)11-9-16/h4-11,13-14H,12H2,1-3H3,(H2,23,24,27). The van der Waals surface area contributed by atoms with Gasteiger partial charge in [0.05, 0.1) is 5.56 Å². The van der Waals surface area contributed by atoms with E-state index in [2.05, 4.69) is 10.6 Å². The number of rotatable bonds is 7. The van der Waals surface area contributed by atoms with Crippen LogP contribution in [0.3, 0.4) is 0 Å². The topological polar surface area (TPSA) is 84.5 Å². The van der Waals surface area contributed by atoms with E-state index in [9.17, 15) is 14.4 Å². The summed E-state index contributed by atoms with van der Waals surface area (Å²) in [4.78, 5) is 36.2. The van der Waals surface area contributed by atoms with Crippen LogP contribution in [-0.4, -0.2) is 29.9 Å². The van der Waals surface area contributed by atoms with E-state index >= 15 is 0 Å². The van der Waals surface area contributed by atoms with Crippen molar-refractivity contribution in [3.05, 3.63) is 70.2 Å². The lowest BCUT2D eigenvalue weighted by molar-refractivity contribution is 0.0319. The quantitative estimate of drug-likeness (QED) is 0.542. The minimum atomic E-state index is -0.922. The van der Waals surface area contributed by atoms with Crippen molar-refractivity contribution in [3.63, 3.8) is 0 Å². The Morgan fingerprint density at radius 2 is 1.50 bits per heavy atom. The van der Waals surface area contributed by atoms with E-state index in [1.807, 2.05) is 13.8 Å². The highest BCUT2D eigenvalue weighted by molar-refractivity contribution is 6.30. The molecule has 0 fully saturated rings. The van der Waals surface area contributed by atoms with Gasteiger partial charge in [-0.3, -0.25) is 4.79 Å². The smallest absolute Gasteiger partial charge is 0.338 e. The summed E-state index contributed by atoms with van der Waals surface area (Å²) in [7, 11) is 0.